The lowest BCUT2D eigenvalue weighted by Crippen LogP contribution is -2.61. The molecule has 0 atom stereocenters. The second-order valence-corrected chi connectivity index (χ2v) is 10.2. The number of benzene rings is 2. The molecule has 0 spiro atoms. The number of aromatic nitrogens is 1. The molecule has 3 rings (SSSR count). The highest BCUT2D eigenvalue weighted by atomic mass is 32.2. The summed E-state index contributed by atoms with van der Waals surface area (Å²) in [5, 5.41) is 2.50. The molecule has 202 valence electrons. The number of amides is 1. The SMILES string of the molecule is CCOC(=O)C(CCc1ccc(Sc2ccc(-c3coc(C(C)C)n3)cc2)cc1)(NC(C)=O)C(=O)OCC. The summed E-state index contributed by atoms with van der Waals surface area (Å²) < 4.78 is 15.8. The second-order valence-electron chi connectivity index (χ2n) is 9.02. The predicted molar refractivity (Wildman–Crippen MR) is 145 cm³/mol. The van der Waals surface area contributed by atoms with Crippen molar-refractivity contribution < 1.29 is 28.3 Å². The highest BCUT2D eigenvalue weighted by Crippen LogP contribution is 2.31. The Morgan fingerprint density at radius 1 is 0.947 bits per heavy atom. The van der Waals surface area contributed by atoms with E-state index in [4.69, 9.17) is 13.9 Å². The molecule has 38 heavy (non-hydrogen) atoms. The molecule has 0 saturated carbocycles. The Labute approximate surface area is 227 Å². The molecule has 2 aromatic carbocycles. The third-order valence-corrected chi connectivity index (χ3v) is 6.77. The average Bonchev–Trinajstić information content (AvgIpc) is 3.39. The minimum Gasteiger partial charge on any atom is -0.464 e. The number of ether oxygens (including phenoxy) is 2. The van der Waals surface area contributed by atoms with Gasteiger partial charge in [0.1, 0.15) is 12.0 Å². The summed E-state index contributed by atoms with van der Waals surface area (Å²) in [4.78, 5) is 44.1. The van der Waals surface area contributed by atoms with Crippen molar-refractivity contribution in [3.63, 3.8) is 0 Å². The lowest BCUT2D eigenvalue weighted by atomic mass is 9.90. The van der Waals surface area contributed by atoms with Gasteiger partial charge in [-0.25, -0.2) is 14.6 Å². The van der Waals surface area contributed by atoms with Crippen LogP contribution >= 0.6 is 11.8 Å². The first-order valence-electron chi connectivity index (χ1n) is 12.6. The fraction of sp³-hybridized carbons (Fsp3) is 0.379. The van der Waals surface area contributed by atoms with Crippen LogP contribution in [0.2, 0.25) is 0 Å². The Balaban J connectivity index is 1.69. The minimum atomic E-state index is -1.90. The van der Waals surface area contributed by atoms with Gasteiger partial charge in [-0.15, -0.1) is 0 Å². The van der Waals surface area contributed by atoms with Gasteiger partial charge in [0, 0.05) is 28.2 Å². The Morgan fingerprint density at radius 2 is 1.50 bits per heavy atom. The first kappa shape index (κ1) is 29.0. The molecule has 0 unspecified atom stereocenters. The Kier molecular flexibility index (Phi) is 10.1. The molecule has 9 heteroatoms. The number of hydrogen-bond donors (Lipinski definition) is 1. The van der Waals surface area contributed by atoms with E-state index in [1.54, 1.807) is 31.9 Å². The van der Waals surface area contributed by atoms with Crippen LogP contribution < -0.4 is 5.32 Å². The van der Waals surface area contributed by atoms with Crippen molar-refractivity contribution >= 4 is 29.6 Å². The highest BCUT2D eigenvalue weighted by Gasteiger charge is 2.49. The Hall–Kier alpha value is -3.59. The summed E-state index contributed by atoms with van der Waals surface area (Å²) >= 11 is 1.62. The third kappa shape index (κ3) is 7.25. The maximum Gasteiger partial charge on any atom is 0.343 e. The van der Waals surface area contributed by atoms with Gasteiger partial charge < -0.3 is 19.2 Å². The van der Waals surface area contributed by atoms with Crippen molar-refractivity contribution in [3.8, 4) is 11.3 Å². The van der Waals surface area contributed by atoms with Gasteiger partial charge in [0.25, 0.3) is 0 Å². The first-order valence-corrected chi connectivity index (χ1v) is 13.5. The maximum atomic E-state index is 12.8. The molecule has 0 radical (unpaired) electrons. The van der Waals surface area contributed by atoms with Gasteiger partial charge >= 0.3 is 11.9 Å². The number of carbonyl (C=O) groups is 3. The molecule has 1 amide bonds. The van der Waals surface area contributed by atoms with Crippen LogP contribution in [0.25, 0.3) is 11.3 Å². The van der Waals surface area contributed by atoms with E-state index in [1.807, 2.05) is 62.4 Å². The predicted octanol–water partition coefficient (Wildman–Crippen LogP) is 5.55. The number of nitrogens with zero attached hydrogens (tertiary/aromatic N) is 1. The molecule has 0 bridgehead atoms. The molecule has 0 aliphatic carbocycles. The van der Waals surface area contributed by atoms with Crippen LogP contribution in [-0.4, -0.2) is 41.6 Å². The Morgan fingerprint density at radius 3 is 1.97 bits per heavy atom. The molecule has 1 aromatic heterocycles. The summed E-state index contributed by atoms with van der Waals surface area (Å²) in [6.45, 7) is 8.76. The molecule has 8 nitrogen and oxygen atoms in total. The third-order valence-electron chi connectivity index (χ3n) is 5.75. The van der Waals surface area contributed by atoms with E-state index in [2.05, 4.69) is 10.3 Å². The zero-order chi connectivity index (χ0) is 27.7. The smallest absolute Gasteiger partial charge is 0.343 e. The molecule has 0 aliphatic heterocycles. The zero-order valence-corrected chi connectivity index (χ0v) is 23.2. The number of rotatable bonds is 12. The van der Waals surface area contributed by atoms with E-state index in [1.165, 1.54) is 6.92 Å². The van der Waals surface area contributed by atoms with Crippen LogP contribution in [-0.2, 0) is 30.3 Å². The van der Waals surface area contributed by atoms with Crippen LogP contribution in [0.4, 0.5) is 0 Å². The molecule has 1 N–H and O–H groups in total. The standard InChI is InChI=1S/C29H34N2O6S/c1-6-35-27(33)29(31-20(5)32,28(34)36-7-2)17-16-21-8-12-23(13-9-21)38-24-14-10-22(11-15-24)25-18-37-26(30-25)19(3)4/h8-15,18-19H,6-7,16-17H2,1-5H3,(H,31,32). The average molecular weight is 539 g/mol. The largest absolute Gasteiger partial charge is 0.464 e. The maximum absolute atomic E-state index is 12.8. The molecule has 3 aromatic rings. The van der Waals surface area contributed by atoms with E-state index < -0.39 is 23.4 Å². The fourth-order valence-electron chi connectivity index (χ4n) is 3.83. The highest BCUT2D eigenvalue weighted by molar-refractivity contribution is 7.99. The van der Waals surface area contributed by atoms with Crippen LogP contribution in [0.3, 0.4) is 0 Å². The molecular formula is C29H34N2O6S. The Bertz CT molecular complexity index is 1220. The van der Waals surface area contributed by atoms with Crippen LogP contribution in [0.5, 0.6) is 0 Å². The van der Waals surface area contributed by atoms with Gasteiger partial charge in [-0.1, -0.05) is 49.9 Å². The number of esters is 2. The van der Waals surface area contributed by atoms with E-state index in [-0.39, 0.29) is 25.6 Å². The summed E-state index contributed by atoms with van der Waals surface area (Å²) in [7, 11) is 0. The van der Waals surface area contributed by atoms with Gasteiger partial charge in [0.2, 0.25) is 11.4 Å². The van der Waals surface area contributed by atoms with Crippen molar-refractivity contribution in [2.24, 2.45) is 0 Å². The van der Waals surface area contributed by atoms with Gasteiger partial charge in [0.05, 0.1) is 13.2 Å². The van der Waals surface area contributed by atoms with Crippen LogP contribution in [0.1, 0.15) is 58.4 Å². The molecule has 1 heterocycles. The quantitative estimate of drug-likeness (QED) is 0.236. The summed E-state index contributed by atoms with van der Waals surface area (Å²) in [5.74, 6) is -1.21. The van der Waals surface area contributed by atoms with Crippen molar-refractivity contribution in [2.45, 2.75) is 68.7 Å². The van der Waals surface area contributed by atoms with Crippen molar-refractivity contribution in [3.05, 3.63) is 66.2 Å². The normalized spacial score (nSPS) is 11.3. The van der Waals surface area contributed by atoms with Gasteiger partial charge in [0.15, 0.2) is 5.89 Å². The summed E-state index contributed by atoms with van der Waals surface area (Å²) in [6, 6.07) is 16.0. The second kappa shape index (κ2) is 13.3. The topological polar surface area (TPSA) is 108 Å². The number of carbonyl (C=O) groups excluding carboxylic acids is 3. The van der Waals surface area contributed by atoms with Crippen LogP contribution in [0.15, 0.2) is 69.0 Å². The van der Waals surface area contributed by atoms with Gasteiger partial charge in [-0.05, 0) is 56.5 Å². The lowest BCUT2D eigenvalue weighted by Gasteiger charge is -2.29. The lowest BCUT2D eigenvalue weighted by molar-refractivity contribution is -0.168. The monoisotopic (exact) mass is 538 g/mol. The summed E-state index contributed by atoms with van der Waals surface area (Å²) in [6.07, 6.45) is 2.05. The van der Waals surface area contributed by atoms with Gasteiger partial charge in [-0.2, -0.15) is 0 Å². The van der Waals surface area contributed by atoms with Crippen molar-refractivity contribution in [1.82, 2.24) is 10.3 Å². The van der Waals surface area contributed by atoms with E-state index in [9.17, 15) is 14.4 Å². The number of oxazole rings is 1. The van der Waals surface area contributed by atoms with E-state index in [0.717, 1.165) is 32.5 Å². The van der Waals surface area contributed by atoms with Gasteiger partial charge in [-0.3, -0.25) is 4.79 Å². The summed E-state index contributed by atoms with van der Waals surface area (Å²) in [5.41, 5.74) is 0.814. The number of aryl methyl sites for hydroxylation is 1. The molecule has 0 aliphatic rings. The van der Waals surface area contributed by atoms with Crippen LogP contribution in [0, 0.1) is 0 Å². The molecule has 0 saturated heterocycles. The fourth-order valence-corrected chi connectivity index (χ4v) is 4.65. The number of hydrogen-bond acceptors (Lipinski definition) is 8. The van der Waals surface area contributed by atoms with E-state index in [0.29, 0.717) is 6.42 Å². The van der Waals surface area contributed by atoms with E-state index >= 15 is 0 Å². The van der Waals surface area contributed by atoms with Crippen molar-refractivity contribution in [1.29, 1.82) is 0 Å². The molecular weight excluding hydrogens is 504 g/mol. The van der Waals surface area contributed by atoms with Crippen molar-refractivity contribution in [2.75, 3.05) is 13.2 Å². The zero-order valence-electron chi connectivity index (χ0n) is 22.4. The number of nitrogens with one attached hydrogen (secondary N) is 1. The first-order chi connectivity index (χ1) is 18.2. The minimum absolute atomic E-state index is 0.0127. The molecule has 0 fully saturated rings.